The van der Waals surface area contributed by atoms with Crippen molar-refractivity contribution >= 4 is 17.6 Å². The Bertz CT molecular complexity index is 825. The second-order valence-corrected chi connectivity index (χ2v) is 6.17. The lowest BCUT2D eigenvalue weighted by atomic mass is 10.2. The molecule has 1 aliphatic rings. The molecular formula is C17H20F2N6O2. The van der Waals surface area contributed by atoms with Crippen LogP contribution in [0.1, 0.15) is 12.7 Å². The van der Waals surface area contributed by atoms with E-state index in [4.69, 9.17) is 10.1 Å². The van der Waals surface area contributed by atoms with Crippen molar-refractivity contribution in [3.63, 3.8) is 0 Å². The Morgan fingerprint density at radius 3 is 3.04 bits per heavy atom. The fraction of sp³-hybridized carbons (Fsp3) is 0.412. The summed E-state index contributed by atoms with van der Waals surface area (Å²) < 4.78 is 30.3. The molecule has 0 bridgehead atoms. The fourth-order valence-corrected chi connectivity index (χ4v) is 2.69. The molecule has 0 aromatic carbocycles. The van der Waals surface area contributed by atoms with Gasteiger partial charge in [0.05, 0.1) is 48.7 Å². The van der Waals surface area contributed by atoms with Gasteiger partial charge in [-0.25, -0.2) is 23.7 Å². The maximum atomic E-state index is 12.4. The monoisotopic (exact) mass is 378 g/mol. The highest BCUT2D eigenvalue weighted by Crippen LogP contribution is 2.23. The fourth-order valence-electron chi connectivity index (χ4n) is 2.69. The Labute approximate surface area is 154 Å². The number of ether oxygens (including phenoxy) is 1. The Morgan fingerprint density at radius 1 is 1.48 bits per heavy atom. The third kappa shape index (κ3) is 4.52. The van der Waals surface area contributed by atoms with Crippen molar-refractivity contribution in [3.05, 3.63) is 30.5 Å². The number of allylic oxidation sites excluding steroid dienone is 1. The van der Waals surface area contributed by atoms with Crippen LogP contribution in [-0.2, 0) is 4.74 Å². The predicted molar refractivity (Wildman–Crippen MR) is 96.0 cm³/mol. The smallest absolute Gasteiger partial charge is 0.279 e. The number of rotatable bonds is 6. The summed E-state index contributed by atoms with van der Waals surface area (Å²) in [6.45, 7) is 2.94. The van der Waals surface area contributed by atoms with Crippen molar-refractivity contribution in [2.24, 2.45) is 0 Å². The third-order valence-electron chi connectivity index (χ3n) is 4.18. The first-order chi connectivity index (χ1) is 13.0. The molecular weight excluding hydrogens is 358 g/mol. The largest absolute Gasteiger partial charge is 0.394 e. The molecule has 27 heavy (non-hydrogen) atoms. The van der Waals surface area contributed by atoms with Gasteiger partial charge in [0.25, 0.3) is 6.43 Å². The van der Waals surface area contributed by atoms with Crippen LogP contribution >= 0.6 is 0 Å². The maximum Gasteiger partial charge on any atom is 0.279 e. The molecule has 144 valence electrons. The molecule has 10 heteroatoms. The van der Waals surface area contributed by atoms with Gasteiger partial charge in [-0.3, -0.25) is 5.41 Å². The number of hydrogen-bond acceptors (Lipinski definition) is 7. The van der Waals surface area contributed by atoms with E-state index in [1.165, 1.54) is 18.6 Å². The maximum absolute atomic E-state index is 12.4. The van der Waals surface area contributed by atoms with Crippen molar-refractivity contribution in [1.29, 1.82) is 5.41 Å². The summed E-state index contributed by atoms with van der Waals surface area (Å²) in [6, 6.07) is 1.88. The summed E-state index contributed by atoms with van der Waals surface area (Å²) in [5, 5.41) is 16.5. The minimum atomic E-state index is -2.82. The number of aromatic amines is 1. The number of nitrogens with zero attached hydrogens (tertiary/aromatic N) is 4. The van der Waals surface area contributed by atoms with E-state index in [0.717, 1.165) is 6.08 Å². The van der Waals surface area contributed by atoms with Crippen LogP contribution in [0.15, 0.2) is 24.7 Å². The van der Waals surface area contributed by atoms with Crippen LogP contribution in [0.4, 0.5) is 14.6 Å². The normalized spacial score (nSPS) is 20.6. The van der Waals surface area contributed by atoms with Crippen LogP contribution < -0.4 is 4.90 Å². The molecule has 3 heterocycles. The van der Waals surface area contributed by atoms with E-state index in [-0.39, 0.29) is 18.8 Å². The highest BCUT2D eigenvalue weighted by molar-refractivity contribution is 5.97. The van der Waals surface area contributed by atoms with Crippen LogP contribution in [0.3, 0.4) is 0 Å². The summed E-state index contributed by atoms with van der Waals surface area (Å²) >= 11 is 0. The van der Waals surface area contributed by atoms with Gasteiger partial charge in [-0.15, -0.1) is 0 Å². The number of H-pyrrole nitrogens is 1. The molecule has 1 saturated heterocycles. The van der Waals surface area contributed by atoms with Crippen molar-refractivity contribution in [1.82, 2.24) is 19.9 Å². The SMILES string of the molecule is CC1COC(CO)CN1c1cc(-c2cnc(/C=C\C(=N)C(F)F)[nH]2)ncn1. The molecule has 0 spiro atoms. The number of aliphatic hydroxyl groups excluding tert-OH is 1. The summed E-state index contributed by atoms with van der Waals surface area (Å²) in [7, 11) is 0. The number of hydrogen-bond donors (Lipinski definition) is 3. The Kier molecular flexibility index (Phi) is 5.87. The number of alkyl halides is 2. The molecule has 1 fully saturated rings. The molecule has 2 unspecified atom stereocenters. The Balaban J connectivity index is 1.79. The van der Waals surface area contributed by atoms with Gasteiger partial charge < -0.3 is 19.7 Å². The van der Waals surface area contributed by atoms with E-state index in [1.54, 1.807) is 6.07 Å². The number of anilines is 1. The van der Waals surface area contributed by atoms with Gasteiger partial charge in [-0.2, -0.15) is 0 Å². The Hall–Kier alpha value is -2.72. The molecule has 3 N–H and O–H groups in total. The van der Waals surface area contributed by atoms with Gasteiger partial charge in [-0.05, 0) is 19.1 Å². The van der Waals surface area contributed by atoms with Crippen LogP contribution in [0.5, 0.6) is 0 Å². The number of aromatic nitrogens is 4. The second kappa shape index (κ2) is 8.31. The molecule has 3 rings (SSSR count). The zero-order valence-electron chi connectivity index (χ0n) is 14.6. The van der Waals surface area contributed by atoms with Gasteiger partial charge in [-0.1, -0.05) is 0 Å². The molecule has 2 aromatic heterocycles. The third-order valence-corrected chi connectivity index (χ3v) is 4.18. The van der Waals surface area contributed by atoms with Gasteiger partial charge in [0.2, 0.25) is 0 Å². The van der Waals surface area contributed by atoms with Crippen LogP contribution in [-0.4, -0.2) is 69.1 Å². The number of imidazole rings is 1. The van der Waals surface area contributed by atoms with Crippen molar-refractivity contribution in [2.45, 2.75) is 25.5 Å². The highest BCUT2D eigenvalue weighted by atomic mass is 19.3. The van der Waals surface area contributed by atoms with Gasteiger partial charge in [0, 0.05) is 12.6 Å². The van der Waals surface area contributed by atoms with E-state index in [0.29, 0.717) is 36.2 Å². The quantitative estimate of drug-likeness (QED) is 0.661. The minimum absolute atomic E-state index is 0.0645. The first kappa shape index (κ1) is 19.1. The van der Waals surface area contributed by atoms with Gasteiger partial charge >= 0.3 is 0 Å². The predicted octanol–water partition coefficient (Wildman–Crippen LogP) is 1.75. The van der Waals surface area contributed by atoms with Crippen LogP contribution in [0.25, 0.3) is 17.5 Å². The van der Waals surface area contributed by atoms with Gasteiger partial charge in [0.1, 0.15) is 18.0 Å². The van der Waals surface area contributed by atoms with E-state index in [9.17, 15) is 13.9 Å². The number of nitrogens with one attached hydrogen (secondary N) is 2. The minimum Gasteiger partial charge on any atom is -0.394 e. The summed E-state index contributed by atoms with van der Waals surface area (Å²) in [6.07, 6.45) is 2.20. The molecule has 2 aromatic rings. The van der Waals surface area contributed by atoms with E-state index < -0.39 is 12.1 Å². The lowest BCUT2D eigenvalue weighted by molar-refractivity contribution is -0.0105. The van der Waals surface area contributed by atoms with Crippen LogP contribution in [0.2, 0.25) is 0 Å². The van der Waals surface area contributed by atoms with Crippen molar-refractivity contribution < 1.29 is 18.6 Å². The standard InChI is InChI=1S/C17H20F2N6O2/c1-10-8-27-11(7-26)6-25(10)16-4-13(22-9-23-16)14-5-21-15(24-14)3-2-12(20)17(18)19/h2-5,9-11,17,20,26H,6-8H2,1H3,(H,21,24)/b3-2-,20-12?. The molecule has 8 nitrogen and oxygen atoms in total. The Morgan fingerprint density at radius 2 is 2.30 bits per heavy atom. The average Bonchev–Trinajstić information content (AvgIpc) is 3.15. The first-order valence-electron chi connectivity index (χ1n) is 8.39. The number of aliphatic hydroxyl groups is 1. The first-order valence-corrected chi connectivity index (χ1v) is 8.39. The molecule has 0 amide bonds. The lowest BCUT2D eigenvalue weighted by Crippen LogP contribution is -2.50. The van der Waals surface area contributed by atoms with E-state index >= 15 is 0 Å². The molecule has 0 saturated carbocycles. The summed E-state index contributed by atoms with van der Waals surface area (Å²) in [5.74, 6) is 1.04. The molecule has 2 atom stereocenters. The zero-order valence-corrected chi connectivity index (χ0v) is 14.6. The average molecular weight is 378 g/mol. The topological polar surface area (TPSA) is 111 Å². The summed E-state index contributed by atoms with van der Waals surface area (Å²) in [4.78, 5) is 17.6. The molecule has 0 radical (unpaired) electrons. The number of halogens is 2. The van der Waals surface area contributed by atoms with Crippen molar-refractivity contribution in [2.75, 3.05) is 24.7 Å². The van der Waals surface area contributed by atoms with Crippen LogP contribution in [0, 0.1) is 5.41 Å². The number of morpholine rings is 1. The van der Waals surface area contributed by atoms with Crippen molar-refractivity contribution in [3.8, 4) is 11.4 Å². The zero-order chi connectivity index (χ0) is 19.4. The van der Waals surface area contributed by atoms with Gasteiger partial charge in [0.15, 0.2) is 0 Å². The second-order valence-electron chi connectivity index (χ2n) is 6.17. The van der Waals surface area contributed by atoms with E-state index in [1.807, 2.05) is 11.8 Å². The highest BCUT2D eigenvalue weighted by Gasteiger charge is 2.27. The summed E-state index contributed by atoms with van der Waals surface area (Å²) in [5.41, 5.74) is 0.411. The molecule has 0 aliphatic carbocycles. The lowest BCUT2D eigenvalue weighted by Gasteiger charge is -2.38. The van der Waals surface area contributed by atoms with E-state index in [2.05, 4.69) is 19.9 Å². The molecule has 1 aliphatic heterocycles.